The topological polar surface area (TPSA) is 99.7 Å². The van der Waals surface area contributed by atoms with E-state index in [1.807, 2.05) is 21.0 Å². The second-order valence-corrected chi connectivity index (χ2v) is 12.9. The summed E-state index contributed by atoms with van der Waals surface area (Å²) >= 11 is 0. The van der Waals surface area contributed by atoms with Crippen molar-refractivity contribution < 1.29 is 27.5 Å². The summed E-state index contributed by atoms with van der Waals surface area (Å²) in [6.07, 6.45) is 2.14. The number of aromatic nitrogens is 2. The molecule has 1 aromatic heterocycles. The monoisotopic (exact) mass is 632 g/mol. The van der Waals surface area contributed by atoms with Gasteiger partial charge in [-0.1, -0.05) is 26.7 Å². The summed E-state index contributed by atoms with van der Waals surface area (Å²) in [7, 11) is 5.30. The van der Waals surface area contributed by atoms with Crippen molar-refractivity contribution in [3.05, 3.63) is 41.2 Å². The van der Waals surface area contributed by atoms with Crippen LogP contribution in [0.2, 0.25) is 0 Å². The minimum Gasteiger partial charge on any atom is -0.495 e. The maximum atomic E-state index is 14.1. The highest BCUT2D eigenvalue weighted by atomic mass is 19.4. The van der Waals surface area contributed by atoms with Crippen LogP contribution in [0.25, 0.3) is 0 Å². The van der Waals surface area contributed by atoms with Crippen LogP contribution in [0.15, 0.2) is 24.4 Å². The molecule has 2 N–H and O–H groups in total. The molecule has 2 aromatic rings. The smallest absolute Gasteiger partial charge is 0.419 e. The van der Waals surface area contributed by atoms with Gasteiger partial charge in [0.1, 0.15) is 5.75 Å². The number of amides is 2. The number of methoxy groups -OCH3 is 1. The predicted octanol–water partition coefficient (Wildman–Crippen LogP) is 5.92. The van der Waals surface area contributed by atoms with Crippen LogP contribution in [0.3, 0.4) is 0 Å². The van der Waals surface area contributed by atoms with E-state index < -0.39 is 11.7 Å². The highest BCUT2D eigenvalue weighted by molar-refractivity contribution is 5.95. The zero-order valence-corrected chi connectivity index (χ0v) is 27.2. The molecular formula is C33H47F3N6O3. The van der Waals surface area contributed by atoms with E-state index in [1.165, 1.54) is 7.11 Å². The number of likely N-dealkylation sites (N-methyl/N-ethyl adjacent to an activating group) is 1. The van der Waals surface area contributed by atoms with Crippen molar-refractivity contribution in [2.45, 2.75) is 84.0 Å². The molecule has 0 radical (unpaired) electrons. The highest BCUT2D eigenvalue weighted by Gasteiger charge is 2.38. The van der Waals surface area contributed by atoms with Crippen LogP contribution in [-0.4, -0.2) is 78.0 Å². The molecule has 1 aliphatic heterocycles. The molecule has 248 valence electrons. The van der Waals surface area contributed by atoms with Gasteiger partial charge >= 0.3 is 6.18 Å². The molecule has 2 aliphatic rings. The Kier molecular flexibility index (Phi) is 11.3. The lowest BCUT2D eigenvalue weighted by atomic mass is 9.71. The average Bonchev–Trinajstić information content (AvgIpc) is 3.00. The van der Waals surface area contributed by atoms with Crippen molar-refractivity contribution in [3.8, 4) is 5.75 Å². The van der Waals surface area contributed by atoms with Gasteiger partial charge in [-0.2, -0.15) is 13.2 Å². The molecule has 4 rings (SSSR count). The molecule has 1 saturated heterocycles. The number of anilines is 2. The number of rotatable bonds is 10. The van der Waals surface area contributed by atoms with Crippen LogP contribution in [0.4, 0.5) is 24.8 Å². The molecule has 1 aromatic carbocycles. The summed E-state index contributed by atoms with van der Waals surface area (Å²) in [5.41, 5.74) is -0.102. The van der Waals surface area contributed by atoms with Gasteiger partial charge in [-0.05, 0) is 81.6 Å². The molecule has 5 unspecified atom stereocenters. The fraction of sp³-hybridized carbons (Fsp3) is 0.636. The van der Waals surface area contributed by atoms with E-state index >= 15 is 0 Å². The Morgan fingerprint density at radius 3 is 2.56 bits per heavy atom. The van der Waals surface area contributed by atoms with Gasteiger partial charge in [0, 0.05) is 44.4 Å². The molecule has 2 amide bonds. The lowest BCUT2D eigenvalue weighted by molar-refractivity contribution is -0.139. The van der Waals surface area contributed by atoms with Crippen LogP contribution < -0.4 is 15.4 Å². The van der Waals surface area contributed by atoms with E-state index in [0.29, 0.717) is 17.0 Å². The van der Waals surface area contributed by atoms with Gasteiger partial charge in [-0.25, -0.2) is 9.97 Å². The normalized spacial score (nSPS) is 22.3. The molecule has 0 spiro atoms. The van der Waals surface area contributed by atoms with Gasteiger partial charge in [-0.3, -0.25) is 9.59 Å². The molecule has 2 fully saturated rings. The van der Waals surface area contributed by atoms with Gasteiger partial charge < -0.3 is 25.2 Å². The van der Waals surface area contributed by atoms with E-state index in [-0.39, 0.29) is 59.7 Å². The maximum absolute atomic E-state index is 14.1. The Balaban J connectivity index is 1.53. The lowest BCUT2D eigenvalue weighted by Gasteiger charge is -2.42. The first-order valence-electron chi connectivity index (χ1n) is 15.9. The van der Waals surface area contributed by atoms with Gasteiger partial charge in [-0.15, -0.1) is 0 Å². The number of carbonyl (C=O) groups is 2. The first kappa shape index (κ1) is 34.5. The van der Waals surface area contributed by atoms with Gasteiger partial charge in [0.25, 0.3) is 5.91 Å². The third-order valence-electron chi connectivity index (χ3n) is 9.71. The molecule has 2 heterocycles. The van der Waals surface area contributed by atoms with Crippen molar-refractivity contribution in [3.63, 3.8) is 0 Å². The number of halogens is 3. The van der Waals surface area contributed by atoms with Crippen LogP contribution in [0.5, 0.6) is 5.75 Å². The zero-order valence-electron chi connectivity index (χ0n) is 27.2. The van der Waals surface area contributed by atoms with Crippen molar-refractivity contribution >= 4 is 23.5 Å². The Hall–Kier alpha value is -3.41. The van der Waals surface area contributed by atoms with Gasteiger partial charge in [0.15, 0.2) is 0 Å². The fourth-order valence-corrected chi connectivity index (χ4v) is 6.86. The Morgan fingerprint density at radius 1 is 1.16 bits per heavy atom. The molecule has 12 heteroatoms. The van der Waals surface area contributed by atoms with E-state index in [9.17, 15) is 22.8 Å². The molecule has 1 saturated carbocycles. The fourth-order valence-electron chi connectivity index (χ4n) is 6.86. The van der Waals surface area contributed by atoms with E-state index in [0.717, 1.165) is 57.8 Å². The second-order valence-electron chi connectivity index (χ2n) is 12.9. The zero-order chi connectivity index (χ0) is 32.9. The lowest BCUT2D eigenvalue weighted by Crippen LogP contribution is -2.46. The van der Waals surface area contributed by atoms with Crippen LogP contribution >= 0.6 is 0 Å². The third-order valence-corrected chi connectivity index (χ3v) is 9.71. The third kappa shape index (κ3) is 8.65. The van der Waals surface area contributed by atoms with Crippen LogP contribution in [0, 0.1) is 17.8 Å². The predicted molar refractivity (Wildman–Crippen MR) is 168 cm³/mol. The summed E-state index contributed by atoms with van der Waals surface area (Å²) in [5.74, 6) is 0.257. The Bertz CT molecular complexity index is 1340. The number of ether oxygens (including phenoxy) is 1. The SMILES string of the molecule is COc1cc(C(=O)NC2CCCN(C)C2)ccc1Nc1ncc(C(F)(F)F)c(CC(C)C(C)C2CCCCC2N(C)C(C)=O)n1. The van der Waals surface area contributed by atoms with Crippen LogP contribution in [0.1, 0.15) is 80.9 Å². The van der Waals surface area contributed by atoms with Crippen molar-refractivity contribution in [1.82, 2.24) is 25.1 Å². The summed E-state index contributed by atoms with van der Waals surface area (Å²) in [4.78, 5) is 37.4. The number of carbonyl (C=O) groups excluding carboxylic acids is 2. The van der Waals surface area contributed by atoms with Gasteiger partial charge in [0.05, 0.1) is 24.1 Å². The molecular weight excluding hydrogens is 585 g/mol. The van der Waals surface area contributed by atoms with Crippen LogP contribution in [-0.2, 0) is 17.4 Å². The van der Waals surface area contributed by atoms with Crippen molar-refractivity contribution in [2.75, 3.05) is 39.6 Å². The van der Waals surface area contributed by atoms with Gasteiger partial charge in [0.2, 0.25) is 11.9 Å². The molecule has 5 atom stereocenters. The summed E-state index contributed by atoms with van der Waals surface area (Å²) < 4.78 is 47.8. The minimum absolute atomic E-state index is 0.00114. The number of alkyl halides is 3. The summed E-state index contributed by atoms with van der Waals surface area (Å²) in [6.45, 7) is 7.37. The maximum Gasteiger partial charge on any atom is 0.419 e. The average molecular weight is 633 g/mol. The highest BCUT2D eigenvalue weighted by Crippen LogP contribution is 2.39. The van der Waals surface area contributed by atoms with Crippen molar-refractivity contribution in [1.29, 1.82) is 0 Å². The number of hydrogen-bond acceptors (Lipinski definition) is 7. The van der Waals surface area contributed by atoms with E-state index in [4.69, 9.17) is 4.74 Å². The van der Waals surface area contributed by atoms with E-state index in [2.05, 4.69) is 32.4 Å². The number of piperidine rings is 1. The Labute approximate surface area is 264 Å². The molecule has 45 heavy (non-hydrogen) atoms. The quantitative estimate of drug-likeness (QED) is 0.335. The molecule has 1 aliphatic carbocycles. The number of hydrogen-bond donors (Lipinski definition) is 2. The molecule has 0 bridgehead atoms. The molecule has 9 nitrogen and oxygen atoms in total. The minimum atomic E-state index is -4.61. The largest absolute Gasteiger partial charge is 0.495 e. The first-order chi connectivity index (χ1) is 21.3. The second kappa shape index (κ2) is 14.8. The Morgan fingerprint density at radius 2 is 1.89 bits per heavy atom. The number of benzene rings is 1. The first-order valence-corrected chi connectivity index (χ1v) is 15.9. The van der Waals surface area contributed by atoms with Crippen molar-refractivity contribution in [2.24, 2.45) is 17.8 Å². The number of nitrogens with zero attached hydrogens (tertiary/aromatic N) is 4. The number of nitrogens with one attached hydrogen (secondary N) is 2. The number of likely N-dealkylation sites (tertiary alicyclic amines) is 1. The van der Waals surface area contributed by atoms with E-state index in [1.54, 1.807) is 30.0 Å². The summed E-state index contributed by atoms with van der Waals surface area (Å²) in [6, 6.07) is 5.00. The standard InChI is InChI=1S/C33H47F3N6O3/c1-20(21(2)25-11-7-8-12-29(25)42(5)22(3)43)16-28-26(33(34,35)36)18-37-32(40-28)39-27-14-13-23(17-30(27)45-6)31(44)38-24-10-9-15-41(4)19-24/h13-14,17-18,20-21,24-25,29H,7-12,15-16,19H2,1-6H3,(H,38,44)(H,37,39,40). The summed E-state index contributed by atoms with van der Waals surface area (Å²) in [5, 5.41) is 6.07.